The molecule has 0 spiro atoms. The minimum atomic E-state index is 0.553. The Morgan fingerprint density at radius 2 is 2.00 bits per heavy atom. The van der Waals surface area contributed by atoms with Crippen LogP contribution in [0.3, 0.4) is 0 Å². The highest BCUT2D eigenvalue weighted by Gasteiger charge is 2.18. The summed E-state index contributed by atoms with van der Waals surface area (Å²) < 4.78 is 5.64. The molecule has 3 unspecified atom stereocenters. The van der Waals surface area contributed by atoms with Crippen LogP contribution >= 0.6 is 0 Å². The van der Waals surface area contributed by atoms with E-state index < -0.39 is 0 Å². The highest BCUT2D eigenvalue weighted by molar-refractivity contribution is 4.74. The van der Waals surface area contributed by atoms with Crippen molar-refractivity contribution >= 4 is 0 Å². The molecule has 2 fully saturated rings. The zero-order valence-corrected chi connectivity index (χ0v) is 10.7. The number of hydrogen-bond acceptors (Lipinski definition) is 2. The van der Waals surface area contributed by atoms with Crippen LogP contribution in [0.4, 0.5) is 0 Å². The molecular formula is C14H27NO. The van der Waals surface area contributed by atoms with E-state index in [1.165, 1.54) is 51.4 Å². The van der Waals surface area contributed by atoms with Gasteiger partial charge in [0.25, 0.3) is 0 Å². The van der Waals surface area contributed by atoms with E-state index in [4.69, 9.17) is 4.74 Å². The topological polar surface area (TPSA) is 21.3 Å². The summed E-state index contributed by atoms with van der Waals surface area (Å²) in [7, 11) is 0. The van der Waals surface area contributed by atoms with Gasteiger partial charge in [-0.2, -0.15) is 0 Å². The summed E-state index contributed by atoms with van der Waals surface area (Å²) in [6.07, 6.45) is 11.3. The van der Waals surface area contributed by atoms with E-state index in [0.717, 1.165) is 25.1 Å². The molecule has 0 aromatic heterocycles. The fraction of sp³-hybridized carbons (Fsp3) is 1.00. The van der Waals surface area contributed by atoms with Crippen molar-refractivity contribution in [2.24, 2.45) is 5.92 Å². The van der Waals surface area contributed by atoms with Crippen molar-refractivity contribution < 1.29 is 4.74 Å². The average Bonchev–Trinajstić information content (AvgIpc) is 2.70. The molecule has 2 heteroatoms. The Morgan fingerprint density at radius 1 is 1.06 bits per heavy atom. The van der Waals surface area contributed by atoms with Gasteiger partial charge in [0.1, 0.15) is 0 Å². The molecule has 16 heavy (non-hydrogen) atoms. The molecule has 1 saturated carbocycles. The fourth-order valence-electron chi connectivity index (χ4n) is 3.01. The minimum absolute atomic E-state index is 0.553. The lowest BCUT2D eigenvalue weighted by Crippen LogP contribution is -2.31. The first kappa shape index (κ1) is 12.4. The van der Waals surface area contributed by atoms with Gasteiger partial charge >= 0.3 is 0 Å². The molecule has 1 aliphatic heterocycles. The van der Waals surface area contributed by atoms with E-state index in [9.17, 15) is 0 Å². The van der Waals surface area contributed by atoms with E-state index in [0.29, 0.717) is 6.10 Å². The first-order chi connectivity index (χ1) is 7.84. The highest BCUT2D eigenvalue weighted by atomic mass is 16.5. The van der Waals surface area contributed by atoms with Crippen LogP contribution in [0.5, 0.6) is 0 Å². The SMILES string of the molecule is CC1CCCC(NCCC2CCCO2)CC1. The van der Waals surface area contributed by atoms with Crippen LogP contribution in [-0.4, -0.2) is 25.3 Å². The Kier molecular flexibility index (Phi) is 5.11. The van der Waals surface area contributed by atoms with E-state index in [2.05, 4.69) is 12.2 Å². The molecule has 1 saturated heterocycles. The Labute approximate surface area is 100 Å². The van der Waals surface area contributed by atoms with Crippen molar-refractivity contribution in [1.29, 1.82) is 0 Å². The van der Waals surface area contributed by atoms with E-state index in [-0.39, 0.29) is 0 Å². The molecular weight excluding hydrogens is 198 g/mol. The third-order valence-corrected chi connectivity index (χ3v) is 4.18. The van der Waals surface area contributed by atoms with Gasteiger partial charge in [0.15, 0.2) is 0 Å². The lowest BCUT2D eigenvalue weighted by Gasteiger charge is -2.17. The van der Waals surface area contributed by atoms with Crippen molar-refractivity contribution in [2.45, 2.75) is 70.4 Å². The first-order valence-corrected chi connectivity index (χ1v) is 7.19. The van der Waals surface area contributed by atoms with Crippen LogP contribution in [0.1, 0.15) is 58.3 Å². The van der Waals surface area contributed by atoms with Crippen molar-refractivity contribution in [3.05, 3.63) is 0 Å². The van der Waals surface area contributed by atoms with E-state index in [1.54, 1.807) is 0 Å². The lowest BCUT2D eigenvalue weighted by atomic mass is 10.0. The monoisotopic (exact) mass is 225 g/mol. The quantitative estimate of drug-likeness (QED) is 0.742. The highest BCUT2D eigenvalue weighted by Crippen LogP contribution is 2.22. The molecule has 0 aromatic rings. The Bertz CT molecular complexity index is 189. The molecule has 2 aliphatic rings. The largest absolute Gasteiger partial charge is 0.378 e. The van der Waals surface area contributed by atoms with Crippen LogP contribution in [0.25, 0.3) is 0 Å². The van der Waals surface area contributed by atoms with Gasteiger partial charge in [0.05, 0.1) is 6.10 Å². The zero-order chi connectivity index (χ0) is 11.2. The van der Waals surface area contributed by atoms with Gasteiger partial charge in [0.2, 0.25) is 0 Å². The molecule has 1 heterocycles. The first-order valence-electron chi connectivity index (χ1n) is 7.19. The van der Waals surface area contributed by atoms with Gasteiger partial charge in [-0.3, -0.25) is 0 Å². The maximum absolute atomic E-state index is 5.64. The Balaban J connectivity index is 1.57. The lowest BCUT2D eigenvalue weighted by molar-refractivity contribution is 0.103. The minimum Gasteiger partial charge on any atom is -0.378 e. The van der Waals surface area contributed by atoms with Gasteiger partial charge in [-0.15, -0.1) is 0 Å². The summed E-state index contributed by atoms with van der Waals surface area (Å²) in [5.41, 5.74) is 0. The van der Waals surface area contributed by atoms with Crippen molar-refractivity contribution in [3.8, 4) is 0 Å². The summed E-state index contributed by atoms with van der Waals surface area (Å²) in [6.45, 7) is 4.55. The standard InChI is InChI=1S/C14H27NO/c1-12-4-2-5-13(8-7-12)15-10-9-14-6-3-11-16-14/h12-15H,2-11H2,1H3. The summed E-state index contributed by atoms with van der Waals surface area (Å²) in [6, 6.07) is 0.784. The summed E-state index contributed by atoms with van der Waals surface area (Å²) in [5.74, 6) is 0.949. The van der Waals surface area contributed by atoms with Gasteiger partial charge in [-0.25, -0.2) is 0 Å². The van der Waals surface area contributed by atoms with E-state index >= 15 is 0 Å². The summed E-state index contributed by atoms with van der Waals surface area (Å²) in [4.78, 5) is 0. The second-order valence-electron chi connectivity index (χ2n) is 5.69. The van der Waals surface area contributed by atoms with Gasteiger partial charge in [-0.05, 0) is 51.0 Å². The van der Waals surface area contributed by atoms with Crippen molar-refractivity contribution in [2.75, 3.05) is 13.2 Å². The number of ether oxygens (including phenoxy) is 1. The number of nitrogens with one attached hydrogen (secondary N) is 1. The van der Waals surface area contributed by atoms with Gasteiger partial charge in [0, 0.05) is 12.6 Å². The predicted octanol–water partition coefficient (Wildman–Crippen LogP) is 3.11. The van der Waals surface area contributed by atoms with Crippen LogP contribution < -0.4 is 5.32 Å². The predicted molar refractivity (Wildman–Crippen MR) is 67.6 cm³/mol. The van der Waals surface area contributed by atoms with Crippen LogP contribution in [0, 0.1) is 5.92 Å². The molecule has 0 radical (unpaired) electrons. The zero-order valence-electron chi connectivity index (χ0n) is 10.7. The van der Waals surface area contributed by atoms with Crippen molar-refractivity contribution in [1.82, 2.24) is 5.32 Å². The maximum atomic E-state index is 5.64. The molecule has 0 amide bonds. The van der Waals surface area contributed by atoms with Crippen LogP contribution in [0.2, 0.25) is 0 Å². The maximum Gasteiger partial charge on any atom is 0.0588 e. The third-order valence-electron chi connectivity index (χ3n) is 4.18. The normalized spacial score (nSPS) is 36.2. The molecule has 3 atom stereocenters. The molecule has 0 aromatic carbocycles. The smallest absolute Gasteiger partial charge is 0.0588 e. The molecule has 2 nitrogen and oxygen atoms in total. The second-order valence-corrected chi connectivity index (χ2v) is 5.69. The molecule has 0 bridgehead atoms. The van der Waals surface area contributed by atoms with Crippen molar-refractivity contribution in [3.63, 3.8) is 0 Å². The molecule has 2 rings (SSSR count). The molecule has 1 aliphatic carbocycles. The van der Waals surface area contributed by atoms with Crippen LogP contribution in [0.15, 0.2) is 0 Å². The number of hydrogen-bond donors (Lipinski definition) is 1. The summed E-state index contributed by atoms with van der Waals surface area (Å²) in [5, 5.41) is 3.73. The average molecular weight is 225 g/mol. The Morgan fingerprint density at radius 3 is 2.81 bits per heavy atom. The van der Waals surface area contributed by atoms with E-state index in [1.807, 2.05) is 0 Å². The fourth-order valence-corrected chi connectivity index (χ4v) is 3.01. The summed E-state index contributed by atoms with van der Waals surface area (Å²) >= 11 is 0. The second kappa shape index (κ2) is 6.61. The van der Waals surface area contributed by atoms with Gasteiger partial charge in [-0.1, -0.05) is 19.8 Å². The molecule has 1 N–H and O–H groups in total. The van der Waals surface area contributed by atoms with Gasteiger partial charge < -0.3 is 10.1 Å². The van der Waals surface area contributed by atoms with Crippen LogP contribution in [-0.2, 0) is 4.74 Å². The third kappa shape index (κ3) is 4.06. The number of rotatable bonds is 4. The molecule has 94 valence electrons. The Hall–Kier alpha value is -0.0800.